The van der Waals surface area contributed by atoms with Gasteiger partial charge in [-0.05, 0) is 31.4 Å². The van der Waals surface area contributed by atoms with Crippen molar-refractivity contribution in [3.05, 3.63) is 18.2 Å². The van der Waals surface area contributed by atoms with Crippen LogP contribution in [0, 0.1) is 5.92 Å². The number of rotatable bonds is 7. The van der Waals surface area contributed by atoms with Crippen molar-refractivity contribution in [2.75, 3.05) is 52.0 Å². The first-order chi connectivity index (χ1) is 12.4. The summed E-state index contributed by atoms with van der Waals surface area (Å²) in [5.74, 6) is 2.22. The lowest BCUT2D eigenvalue weighted by atomic mass is 10.1. The first kappa shape index (κ1) is 20.3. The fraction of sp³-hybridized carbons (Fsp3) is 0.588. The van der Waals surface area contributed by atoms with Gasteiger partial charge in [-0.1, -0.05) is 0 Å². The molecule has 146 valence electrons. The first-order valence-corrected chi connectivity index (χ1v) is 10.5. The van der Waals surface area contributed by atoms with E-state index < -0.39 is 10.0 Å². The van der Waals surface area contributed by atoms with Crippen molar-refractivity contribution in [3.63, 3.8) is 0 Å². The lowest BCUT2D eigenvalue weighted by Crippen LogP contribution is -2.36. The highest BCUT2D eigenvalue weighted by Crippen LogP contribution is 2.30. The number of benzene rings is 1. The van der Waals surface area contributed by atoms with Gasteiger partial charge in [-0.25, -0.2) is 12.7 Å². The van der Waals surface area contributed by atoms with Crippen molar-refractivity contribution in [2.45, 2.75) is 13.3 Å². The zero-order valence-electron chi connectivity index (χ0n) is 15.8. The van der Waals surface area contributed by atoms with Crippen LogP contribution in [0.3, 0.4) is 0 Å². The molecule has 0 radical (unpaired) electrons. The van der Waals surface area contributed by atoms with Crippen molar-refractivity contribution in [1.29, 1.82) is 0 Å². The molecule has 9 heteroatoms. The highest BCUT2D eigenvalue weighted by Gasteiger charge is 2.28. The summed E-state index contributed by atoms with van der Waals surface area (Å²) in [6.45, 7) is 4.24. The average Bonchev–Trinajstić information content (AvgIpc) is 3.08. The number of nitrogens with zero attached hydrogens (tertiary/aromatic N) is 2. The van der Waals surface area contributed by atoms with E-state index in [4.69, 9.17) is 9.47 Å². The number of aliphatic imine (C=N–C) groups is 1. The molecule has 2 N–H and O–H groups in total. The smallest absolute Gasteiger partial charge is 0.211 e. The van der Waals surface area contributed by atoms with E-state index in [1.165, 1.54) is 10.6 Å². The van der Waals surface area contributed by atoms with Gasteiger partial charge in [-0.15, -0.1) is 0 Å². The van der Waals surface area contributed by atoms with Gasteiger partial charge in [0.25, 0.3) is 0 Å². The Morgan fingerprint density at radius 1 is 1.38 bits per heavy atom. The quantitative estimate of drug-likeness (QED) is 0.545. The zero-order chi connectivity index (χ0) is 19.2. The fourth-order valence-electron chi connectivity index (χ4n) is 2.84. The maximum absolute atomic E-state index is 11.6. The molecule has 1 heterocycles. The molecular formula is C17H28N4O4S. The summed E-state index contributed by atoms with van der Waals surface area (Å²) < 4.78 is 35.6. The van der Waals surface area contributed by atoms with Crippen molar-refractivity contribution in [2.24, 2.45) is 10.9 Å². The number of hydrogen-bond acceptors (Lipinski definition) is 5. The van der Waals surface area contributed by atoms with E-state index in [0.717, 1.165) is 12.1 Å². The molecule has 1 fully saturated rings. The number of nitrogens with one attached hydrogen (secondary N) is 2. The lowest BCUT2D eigenvalue weighted by Gasteiger charge is -2.17. The number of hydrogen-bond donors (Lipinski definition) is 2. The van der Waals surface area contributed by atoms with Crippen molar-refractivity contribution >= 4 is 21.7 Å². The minimum Gasteiger partial charge on any atom is -0.493 e. The Kier molecular flexibility index (Phi) is 7.10. The zero-order valence-corrected chi connectivity index (χ0v) is 16.6. The summed E-state index contributed by atoms with van der Waals surface area (Å²) in [6, 6.07) is 5.58. The van der Waals surface area contributed by atoms with Crippen LogP contribution < -0.4 is 20.1 Å². The minimum atomic E-state index is -3.11. The lowest BCUT2D eigenvalue weighted by molar-refractivity contribution is 0.311. The monoisotopic (exact) mass is 384 g/mol. The molecule has 1 unspecified atom stereocenters. The summed E-state index contributed by atoms with van der Waals surface area (Å²) in [6.07, 6.45) is 2.09. The summed E-state index contributed by atoms with van der Waals surface area (Å²) >= 11 is 0. The molecular weight excluding hydrogens is 356 g/mol. The normalized spacial score (nSPS) is 18.6. The highest BCUT2D eigenvalue weighted by atomic mass is 32.2. The predicted molar refractivity (Wildman–Crippen MR) is 104 cm³/mol. The molecule has 8 nitrogen and oxygen atoms in total. The van der Waals surface area contributed by atoms with Gasteiger partial charge in [-0.2, -0.15) is 0 Å². The molecule has 1 saturated heterocycles. The maximum Gasteiger partial charge on any atom is 0.211 e. The average molecular weight is 385 g/mol. The Balaban J connectivity index is 1.93. The molecule has 2 rings (SSSR count). The van der Waals surface area contributed by atoms with E-state index in [1.54, 1.807) is 14.2 Å². The van der Waals surface area contributed by atoms with Gasteiger partial charge in [0.2, 0.25) is 10.0 Å². The van der Waals surface area contributed by atoms with Crippen molar-refractivity contribution in [3.8, 4) is 11.5 Å². The third kappa shape index (κ3) is 5.50. The van der Waals surface area contributed by atoms with Gasteiger partial charge < -0.3 is 20.1 Å². The second-order valence-corrected chi connectivity index (χ2v) is 8.13. The second kappa shape index (κ2) is 9.09. The van der Waals surface area contributed by atoms with Gasteiger partial charge in [0.15, 0.2) is 17.5 Å². The summed E-state index contributed by atoms with van der Waals surface area (Å²) in [5, 5.41) is 6.47. The number of anilines is 1. The van der Waals surface area contributed by atoms with Crippen LogP contribution in [-0.4, -0.2) is 65.3 Å². The fourth-order valence-corrected chi connectivity index (χ4v) is 3.76. The SMILES string of the molecule is CCOc1cc(NC(=NC)NCC2CCN(S(C)(=O)=O)C2)ccc1OC. The molecule has 0 saturated carbocycles. The Labute approximate surface area is 155 Å². The van der Waals surface area contributed by atoms with Crippen LogP contribution in [0.2, 0.25) is 0 Å². The molecule has 0 amide bonds. The molecule has 0 spiro atoms. The van der Waals surface area contributed by atoms with E-state index in [2.05, 4.69) is 15.6 Å². The standard InChI is InChI=1S/C17H28N4O4S/c1-5-25-16-10-14(6-7-15(16)24-3)20-17(18-2)19-11-13-8-9-21(12-13)26(4,22)23/h6-7,10,13H,5,8-9,11-12H2,1-4H3,(H2,18,19,20). The number of methoxy groups -OCH3 is 1. The Morgan fingerprint density at radius 2 is 2.15 bits per heavy atom. The van der Waals surface area contributed by atoms with Gasteiger partial charge in [0.05, 0.1) is 20.0 Å². The molecule has 0 bridgehead atoms. The van der Waals surface area contributed by atoms with Crippen LogP contribution >= 0.6 is 0 Å². The third-order valence-electron chi connectivity index (χ3n) is 4.23. The number of ether oxygens (including phenoxy) is 2. The van der Waals surface area contributed by atoms with Crippen LogP contribution in [0.4, 0.5) is 5.69 Å². The van der Waals surface area contributed by atoms with Gasteiger partial charge >= 0.3 is 0 Å². The Morgan fingerprint density at radius 3 is 2.73 bits per heavy atom. The van der Waals surface area contributed by atoms with Gasteiger partial charge in [0, 0.05) is 38.4 Å². The van der Waals surface area contributed by atoms with Crippen molar-refractivity contribution in [1.82, 2.24) is 9.62 Å². The highest BCUT2D eigenvalue weighted by molar-refractivity contribution is 7.88. The molecule has 1 aliphatic rings. The minimum absolute atomic E-state index is 0.262. The first-order valence-electron chi connectivity index (χ1n) is 8.61. The number of guanidine groups is 1. The maximum atomic E-state index is 11.6. The van der Waals surface area contributed by atoms with Crippen LogP contribution in [0.1, 0.15) is 13.3 Å². The molecule has 1 atom stereocenters. The predicted octanol–water partition coefficient (Wildman–Crippen LogP) is 1.36. The molecule has 1 aromatic carbocycles. The van der Waals surface area contributed by atoms with Crippen molar-refractivity contribution < 1.29 is 17.9 Å². The van der Waals surface area contributed by atoms with E-state index in [1.807, 2.05) is 25.1 Å². The van der Waals surface area contributed by atoms with Crippen LogP contribution in [0.25, 0.3) is 0 Å². The molecule has 26 heavy (non-hydrogen) atoms. The van der Waals surface area contributed by atoms with E-state index in [-0.39, 0.29) is 5.92 Å². The topological polar surface area (TPSA) is 92.3 Å². The molecule has 0 aliphatic carbocycles. The summed E-state index contributed by atoms with van der Waals surface area (Å²) in [7, 11) is 0.187. The molecule has 1 aromatic rings. The molecule has 0 aromatic heterocycles. The van der Waals surface area contributed by atoms with E-state index in [0.29, 0.717) is 43.7 Å². The van der Waals surface area contributed by atoms with Gasteiger partial charge in [-0.3, -0.25) is 4.99 Å². The molecule has 1 aliphatic heterocycles. The summed E-state index contributed by atoms with van der Waals surface area (Å²) in [5.41, 5.74) is 0.825. The van der Waals surface area contributed by atoms with Gasteiger partial charge in [0.1, 0.15) is 0 Å². The van der Waals surface area contributed by atoms with Crippen LogP contribution in [-0.2, 0) is 10.0 Å². The van der Waals surface area contributed by atoms with Crippen LogP contribution in [0.15, 0.2) is 23.2 Å². The number of sulfonamides is 1. The third-order valence-corrected chi connectivity index (χ3v) is 5.50. The second-order valence-electron chi connectivity index (χ2n) is 6.15. The summed E-state index contributed by atoms with van der Waals surface area (Å²) in [4.78, 5) is 4.22. The van der Waals surface area contributed by atoms with E-state index >= 15 is 0 Å². The van der Waals surface area contributed by atoms with E-state index in [9.17, 15) is 8.42 Å². The van der Waals surface area contributed by atoms with Crippen LogP contribution in [0.5, 0.6) is 11.5 Å². The Bertz CT molecular complexity index is 736. The largest absolute Gasteiger partial charge is 0.493 e. The Hall–Kier alpha value is -2.00.